The minimum Gasteiger partial charge on any atom is -0.313 e. The molecule has 28 heavy (non-hydrogen) atoms. The summed E-state index contributed by atoms with van der Waals surface area (Å²) in [6, 6.07) is 10.9. The van der Waals surface area contributed by atoms with E-state index in [-0.39, 0.29) is 22.8 Å². The van der Waals surface area contributed by atoms with Gasteiger partial charge in [0.1, 0.15) is 5.82 Å². The molecule has 6 heteroatoms. The van der Waals surface area contributed by atoms with Crippen LogP contribution in [0, 0.1) is 5.82 Å². The Balaban J connectivity index is 1.76. The van der Waals surface area contributed by atoms with Gasteiger partial charge in [-0.25, -0.2) is 8.78 Å². The zero-order valence-corrected chi connectivity index (χ0v) is 15.5. The summed E-state index contributed by atoms with van der Waals surface area (Å²) < 4.78 is 67.2. The van der Waals surface area contributed by atoms with Crippen molar-refractivity contribution in [2.45, 2.75) is 55.9 Å². The van der Waals surface area contributed by atoms with Crippen molar-refractivity contribution in [2.75, 3.05) is 6.54 Å². The third-order valence-electron chi connectivity index (χ3n) is 6.48. The van der Waals surface area contributed by atoms with E-state index in [1.807, 2.05) is 0 Å². The molecule has 0 spiro atoms. The molecule has 0 aromatic heterocycles. The second-order valence-electron chi connectivity index (χ2n) is 8.13. The fourth-order valence-corrected chi connectivity index (χ4v) is 4.85. The molecule has 2 aromatic carbocycles. The molecular weight excluding hydrogens is 373 g/mol. The third kappa shape index (κ3) is 3.02. The Morgan fingerprint density at radius 3 is 2.46 bits per heavy atom. The van der Waals surface area contributed by atoms with Gasteiger partial charge in [0.05, 0.1) is 0 Å². The van der Waals surface area contributed by atoms with Crippen molar-refractivity contribution in [3.8, 4) is 0 Å². The summed E-state index contributed by atoms with van der Waals surface area (Å²) in [5.74, 6) is -0.301. The van der Waals surface area contributed by atoms with Crippen LogP contribution in [0.3, 0.4) is 0 Å². The van der Waals surface area contributed by atoms with Crippen molar-refractivity contribution in [2.24, 2.45) is 0 Å². The van der Waals surface area contributed by atoms with Crippen LogP contribution in [0.15, 0.2) is 42.5 Å². The van der Waals surface area contributed by atoms with E-state index in [1.54, 1.807) is 18.2 Å². The van der Waals surface area contributed by atoms with E-state index in [0.29, 0.717) is 19.8 Å². The summed E-state index contributed by atoms with van der Waals surface area (Å²) in [6.07, 6.45) is -2.05. The molecule has 0 bridgehead atoms. The average molecular weight is 395 g/mol. The van der Waals surface area contributed by atoms with E-state index in [9.17, 15) is 22.0 Å². The van der Waals surface area contributed by atoms with Crippen molar-refractivity contribution >= 4 is 0 Å². The molecule has 0 saturated carbocycles. The summed E-state index contributed by atoms with van der Waals surface area (Å²) in [4.78, 5) is 0. The molecule has 150 valence electrons. The smallest absolute Gasteiger partial charge is 0.313 e. The van der Waals surface area contributed by atoms with Crippen molar-refractivity contribution in [3.05, 3.63) is 70.5 Å². The maximum absolute atomic E-state index is 14.5. The van der Waals surface area contributed by atoms with Gasteiger partial charge in [0.15, 0.2) is 0 Å². The Hall–Kier alpha value is -1.95. The summed E-state index contributed by atoms with van der Waals surface area (Å²) in [6.45, 7) is 1.39. The quantitative estimate of drug-likeness (QED) is 0.690. The minimum atomic E-state index is -4.96. The van der Waals surface area contributed by atoms with Crippen LogP contribution < -0.4 is 5.32 Å². The van der Waals surface area contributed by atoms with Gasteiger partial charge in [0.25, 0.3) is 0 Å². The number of fused-ring (bicyclic) bond motifs is 3. The van der Waals surface area contributed by atoms with Gasteiger partial charge in [0.2, 0.25) is 5.67 Å². The number of benzene rings is 2. The summed E-state index contributed by atoms with van der Waals surface area (Å²) >= 11 is 0. The van der Waals surface area contributed by atoms with E-state index in [2.05, 4.69) is 5.32 Å². The largest absolute Gasteiger partial charge is 0.426 e. The molecule has 1 heterocycles. The molecule has 1 aliphatic heterocycles. The molecule has 4 rings (SSSR count). The Bertz CT molecular complexity index is 871. The highest BCUT2D eigenvalue weighted by atomic mass is 19.4. The predicted molar refractivity (Wildman–Crippen MR) is 97.5 cm³/mol. The first-order chi connectivity index (χ1) is 13.1. The fourth-order valence-electron chi connectivity index (χ4n) is 4.85. The number of hydrogen-bond acceptors (Lipinski definition) is 1. The van der Waals surface area contributed by atoms with Crippen LogP contribution in [-0.2, 0) is 23.9 Å². The zero-order chi connectivity index (χ0) is 20.2. The number of hydrogen-bond donors (Lipinski definition) is 1. The van der Waals surface area contributed by atoms with Gasteiger partial charge in [0, 0.05) is 11.5 Å². The monoisotopic (exact) mass is 395 g/mol. The lowest BCUT2D eigenvalue weighted by Crippen LogP contribution is -2.46. The van der Waals surface area contributed by atoms with Crippen molar-refractivity contribution < 1.29 is 22.0 Å². The second-order valence-corrected chi connectivity index (χ2v) is 8.13. The van der Waals surface area contributed by atoms with Gasteiger partial charge in [-0.2, -0.15) is 13.2 Å². The molecule has 3 atom stereocenters. The number of alkyl halides is 4. The van der Waals surface area contributed by atoms with E-state index < -0.39 is 11.8 Å². The molecule has 0 amide bonds. The number of halogens is 5. The highest BCUT2D eigenvalue weighted by molar-refractivity contribution is 5.45. The van der Waals surface area contributed by atoms with Crippen molar-refractivity contribution in [3.63, 3.8) is 0 Å². The van der Waals surface area contributed by atoms with Crippen LogP contribution >= 0.6 is 0 Å². The Kier molecular flexibility index (Phi) is 4.53. The summed E-state index contributed by atoms with van der Waals surface area (Å²) in [5, 5.41) is 3.51. The van der Waals surface area contributed by atoms with Crippen LogP contribution in [0.4, 0.5) is 22.0 Å². The lowest BCUT2D eigenvalue weighted by molar-refractivity contribution is -0.228. The van der Waals surface area contributed by atoms with E-state index in [0.717, 1.165) is 36.1 Å². The van der Waals surface area contributed by atoms with E-state index in [4.69, 9.17) is 0 Å². The van der Waals surface area contributed by atoms with Gasteiger partial charge in [-0.1, -0.05) is 30.3 Å². The average Bonchev–Trinajstić information content (AvgIpc) is 3.06. The second kappa shape index (κ2) is 6.55. The summed E-state index contributed by atoms with van der Waals surface area (Å²) in [5.41, 5.74) is -1.24. The van der Waals surface area contributed by atoms with Gasteiger partial charge in [-0.05, 0) is 73.5 Å². The number of rotatable bonds is 3. The first kappa shape index (κ1) is 19.4. The minimum absolute atomic E-state index is 0.204. The molecule has 0 radical (unpaired) electrons. The Morgan fingerprint density at radius 1 is 1.07 bits per heavy atom. The summed E-state index contributed by atoms with van der Waals surface area (Å²) in [7, 11) is 0. The molecule has 1 aliphatic carbocycles. The maximum Gasteiger partial charge on any atom is 0.426 e. The molecule has 1 fully saturated rings. The van der Waals surface area contributed by atoms with E-state index >= 15 is 0 Å². The molecule has 2 aliphatic rings. The standard InChI is InChI=1S/C22H22F5N/c1-20(24,22(25,26)27)16-5-8-18-15(12-16)4-9-19-21(18,10-11-28-19)13-14-2-6-17(23)7-3-14/h2-3,5-8,12,19,28H,4,9-11,13H2,1H3/t19-,20?,21-/m0/s1. The van der Waals surface area contributed by atoms with Gasteiger partial charge in [-0.15, -0.1) is 0 Å². The van der Waals surface area contributed by atoms with Crippen LogP contribution in [-0.4, -0.2) is 18.8 Å². The molecule has 1 unspecified atom stereocenters. The lowest BCUT2D eigenvalue weighted by Gasteiger charge is -2.42. The first-order valence-electron chi connectivity index (χ1n) is 9.51. The highest BCUT2D eigenvalue weighted by Crippen LogP contribution is 2.48. The highest BCUT2D eigenvalue weighted by Gasteiger charge is 2.54. The van der Waals surface area contributed by atoms with Gasteiger partial charge >= 0.3 is 6.18 Å². The SMILES string of the molecule is CC(F)(c1ccc2c(c1)CC[C@@H]1NCC[C@]21Cc1ccc(F)cc1)C(F)(F)F. The molecular formula is C22H22F5N. The van der Waals surface area contributed by atoms with Crippen LogP contribution in [0.25, 0.3) is 0 Å². The third-order valence-corrected chi connectivity index (χ3v) is 6.48. The topological polar surface area (TPSA) is 12.0 Å². The Labute approximate surface area is 161 Å². The van der Waals surface area contributed by atoms with Crippen molar-refractivity contribution in [1.82, 2.24) is 5.32 Å². The zero-order valence-electron chi connectivity index (χ0n) is 15.5. The number of aryl methyl sites for hydroxylation is 1. The number of nitrogens with one attached hydrogen (secondary N) is 1. The van der Waals surface area contributed by atoms with E-state index in [1.165, 1.54) is 24.3 Å². The molecule has 1 N–H and O–H groups in total. The maximum atomic E-state index is 14.5. The van der Waals surface area contributed by atoms with Gasteiger partial charge < -0.3 is 5.32 Å². The lowest BCUT2D eigenvalue weighted by atomic mass is 9.63. The fraction of sp³-hybridized carbons (Fsp3) is 0.455. The Morgan fingerprint density at radius 2 is 1.79 bits per heavy atom. The molecule has 1 nitrogen and oxygen atoms in total. The predicted octanol–water partition coefficient (Wildman–Crippen LogP) is 5.36. The normalized spacial score (nSPS) is 26.4. The van der Waals surface area contributed by atoms with Crippen LogP contribution in [0.2, 0.25) is 0 Å². The molecule has 2 aromatic rings. The van der Waals surface area contributed by atoms with Crippen LogP contribution in [0.1, 0.15) is 42.0 Å². The van der Waals surface area contributed by atoms with Gasteiger partial charge in [-0.3, -0.25) is 0 Å². The van der Waals surface area contributed by atoms with Crippen LogP contribution in [0.5, 0.6) is 0 Å². The first-order valence-corrected chi connectivity index (χ1v) is 9.51. The van der Waals surface area contributed by atoms with Crippen molar-refractivity contribution in [1.29, 1.82) is 0 Å². The molecule has 1 saturated heterocycles.